The molecule has 1 aliphatic rings. The second-order valence-electron chi connectivity index (χ2n) is 6.05. The van der Waals surface area contributed by atoms with E-state index in [1.165, 1.54) is 0 Å². The Balaban J connectivity index is 2.42. The number of aliphatic hydroxyl groups is 1. The summed E-state index contributed by atoms with van der Waals surface area (Å²) in [6.45, 7) is 11.4. The number of nitrogens with zero attached hydrogens (tertiary/aromatic N) is 1. The Morgan fingerprint density at radius 1 is 1.40 bits per heavy atom. The van der Waals surface area contributed by atoms with Crippen molar-refractivity contribution < 1.29 is 5.11 Å². The summed E-state index contributed by atoms with van der Waals surface area (Å²) in [5.41, 5.74) is 5.67. The first-order chi connectivity index (χ1) is 6.73. The van der Waals surface area contributed by atoms with Gasteiger partial charge in [0, 0.05) is 25.7 Å². The fourth-order valence-corrected chi connectivity index (χ4v) is 1.91. The lowest BCUT2D eigenvalue weighted by molar-refractivity contribution is -0.0148. The molecule has 15 heavy (non-hydrogen) atoms. The van der Waals surface area contributed by atoms with Gasteiger partial charge < -0.3 is 15.7 Å². The average Bonchev–Trinajstić information content (AvgIpc) is 2.08. The minimum absolute atomic E-state index is 0.156. The Labute approximate surface area is 93.6 Å². The summed E-state index contributed by atoms with van der Waals surface area (Å²) >= 11 is 0. The van der Waals surface area contributed by atoms with Crippen LogP contribution in [0.2, 0.25) is 0 Å². The molecule has 1 saturated heterocycles. The van der Waals surface area contributed by atoms with Gasteiger partial charge in [-0.1, -0.05) is 13.8 Å². The van der Waals surface area contributed by atoms with Gasteiger partial charge in [0.1, 0.15) is 0 Å². The van der Waals surface area contributed by atoms with Crippen LogP contribution in [0, 0.1) is 5.41 Å². The SMILES string of the molecule is CC(N)C(C)(C)CN1CCC(C)(O)CC1. The number of hydrogen-bond donors (Lipinski definition) is 2. The van der Waals surface area contributed by atoms with Crippen LogP contribution in [0.25, 0.3) is 0 Å². The van der Waals surface area contributed by atoms with Gasteiger partial charge in [0.2, 0.25) is 0 Å². The summed E-state index contributed by atoms with van der Waals surface area (Å²) in [6, 6.07) is 0.208. The highest BCUT2D eigenvalue weighted by atomic mass is 16.3. The summed E-state index contributed by atoms with van der Waals surface area (Å²) in [6.07, 6.45) is 1.75. The third kappa shape index (κ3) is 3.74. The van der Waals surface area contributed by atoms with Crippen molar-refractivity contribution in [3.63, 3.8) is 0 Å². The molecular formula is C12H26N2O. The molecular weight excluding hydrogens is 188 g/mol. The van der Waals surface area contributed by atoms with Crippen molar-refractivity contribution in [1.29, 1.82) is 0 Å². The minimum Gasteiger partial charge on any atom is -0.390 e. The highest BCUT2D eigenvalue weighted by molar-refractivity contribution is 4.86. The van der Waals surface area contributed by atoms with E-state index in [0.29, 0.717) is 0 Å². The highest BCUT2D eigenvalue weighted by Gasteiger charge is 2.31. The lowest BCUT2D eigenvalue weighted by atomic mass is 9.84. The van der Waals surface area contributed by atoms with E-state index in [4.69, 9.17) is 5.73 Å². The van der Waals surface area contributed by atoms with Crippen LogP contribution in [-0.4, -0.2) is 41.3 Å². The van der Waals surface area contributed by atoms with Crippen LogP contribution in [0.15, 0.2) is 0 Å². The molecule has 1 rings (SSSR count). The maximum Gasteiger partial charge on any atom is 0.0644 e. The average molecular weight is 214 g/mol. The van der Waals surface area contributed by atoms with E-state index in [1.54, 1.807) is 0 Å². The van der Waals surface area contributed by atoms with Crippen LogP contribution in [0.1, 0.15) is 40.5 Å². The Hall–Kier alpha value is -0.120. The quantitative estimate of drug-likeness (QED) is 0.742. The van der Waals surface area contributed by atoms with E-state index < -0.39 is 5.60 Å². The number of hydrogen-bond acceptors (Lipinski definition) is 3. The van der Waals surface area contributed by atoms with Gasteiger partial charge in [-0.15, -0.1) is 0 Å². The molecule has 1 heterocycles. The molecule has 1 unspecified atom stereocenters. The molecule has 1 aliphatic heterocycles. The molecule has 0 aliphatic carbocycles. The molecule has 1 atom stereocenters. The van der Waals surface area contributed by atoms with Crippen LogP contribution >= 0.6 is 0 Å². The van der Waals surface area contributed by atoms with Crippen LogP contribution in [-0.2, 0) is 0 Å². The summed E-state index contributed by atoms with van der Waals surface area (Å²) in [4.78, 5) is 2.42. The van der Waals surface area contributed by atoms with Crippen LogP contribution in [0.3, 0.4) is 0 Å². The van der Waals surface area contributed by atoms with Gasteiger partial charge in [0.15, 0.2) is 0 Å². The van der Waals surface area contributed by atoms with Crippen LogP contribution in [0.4, 0.5) is 0 Å². The normalized spacial score (nSPS) is 25.2. The second-order valence-corrected chi connectivity index (χ2v) is 6.05. The van der Waals surface area contributed by atoms with Crippen molar-refractivity contribution in [3.8, 4) is 0 Å². The maximum absolute atomic E-state index is 9.85. The lowest BCUT2D eigenvalue weighted by Crippen LogP contribution is -2.49. The Morgan fingerprint density at radius 3 is 2.27 bits per heavy atom. The maximum atomic E-state index is 9.85. The van der Waals surface area contributed by atoms with Crippen LogP contribution < -0.4 is 5.73 Å². The Morgan fingerprint density at radius 2 is 1.87 bits per heavy atom. The zero-order valence-corrected chi connectivity index (χ0v) is 10.6. The first-order valence-electron chi connectivity index (χ1n) is 5.93. The molecule has 0 amide bonds. The van der Waals surface area contributed by atoms with Gasteiger partial charge in [-0.2, -0.15) is 0 Å². The molecule has 1 fully saturated rings. The monoisotopic (exact) mass is 214 g/mol. The molecule has 0 aromatic heterocycles. The molecule has 3 heteroatoms. The van der Waals surface area contributed by atoms with Crippen molar-refractivity contribution in [3.05, 3.63) is 0 Å². The topological polar surface area (TPSA) is 49.5 Å². The minimum atomic E-state index is -0.449. The zero-order valence-electron chi connectivity index (χ0n) is 10.6. The van der Waals surface area contributed by atoms with E-state index in [9.17, 15) is 5.11 Å². The lowest BCUT2D eigenvalue weighted by Gasteiger charge is -2.41. The number of nitrogens with two attached hydrogens (primary N) is 1. The third-order valence-electron chi connectivity index (χ3n) is 3.80. The molecule has 90 valence electrons. The fraction of sp³-hybridized carbons (Fsp3) is 1.00. The van der Waals surface area contributed by atoms with E-state index in [2.05, 4.69) is 25.7 Å². The summed E-state index contributed by atoms with van der Waals surface area (Å²) in [5, 5.41) is 9.85. The van der Waals surface area contributed by atoms with Gasteiger partial charge in [0.25, 0.3) is 0 Å². The van der Waals surface area contributed by atoms with E-state index in [1.807, 2.05) is 6.92 Å². The third-order valence-corrected chi connectivity index (χ3v) is 3.80. The summed E-state index contributed by atoms with van der Waals surface area (Å²) in [5.74, 6) is 0. The predicted molar refractivity (Wildman–Crippen MR) is 63.7 cm³/mol. The van der Waals surface area contributed by atoms with Crippen molar-refractivity contribution >= 4 is 0 Å². The largest absolute Gasteiger partial charge is 0.390 e. The first kappa shape index (κ1) is 12.9. The number of piperidine rings is 1. The highest BCUT2D eigenvalue weighted by Crippen LogP contribution is 2.26. The molecule has 3 nitrogen and oxygen atoms in total. The van der Waals surface area contributed by atoms with Gasteiger partial charge >= 0.3 is 0 Å². The number of rotatable bonds is 3. The van der Waals surface area contributed by atoms with Gasteiger partial charge in [-0.25, -0.2) is 0 Å². The van der Waals surface area contributed by atoms with Crippen LogP contribution in [0.5, 0.6) is 0 Å². The van der Waals surface area contributed by atoms with E-state index >= 15 is 0 Å². The molecule has 0 bridgehead atoms. The molecule has 3 N–H and O–H groups in total. The van der Waals surface area contributed by atoms with Crippen molar-refractivity contribution in [1.82, 2.24) is 4.90 Å². The first-order valence-corrected chi connectivity index (χ1v) is 5.93. The van der Waals surface area contributed by atoms with Crippen molar-refractivity contribution in [2.75, 3.05) is 19.6 Å². The van der Waals surface area contributed by atoms with Gasteiger partial charge in [-0.05, 0) is 32.1 Å². The van der Waals surface area contributed by atoms with E-state index in [0.717, 1.165) is 32.5 Å². The van der Waals surface area contributed by atoms with Gasteiger partial charge in [0.05, 0.1) is 5.60 Å². The molecule has 0 aromatic rings. The Kier molecular flexibility index (Phi) is 3.80. The molecule has 0 aromatic carbocycles. The second kappa shape index (κ2) is 4.40. The Bertz CT molecular complexity index is 202. The number of likely N-dealkylation sites (tertiary alicyclic amines) is 1. The van der Waals surface area contributed by atoms with Crippen molar-refractivity contribution in [2.24, 2.45) is 11.1 Å². The summed E-state index contributed by atoms with van der Waals surface area (Å²) in [7, 11) is 0. The fourth-order valence-electron chi connectivity index (χ4n) is 1.91. The smallest absolute Gasteiger partial charge is 0.0644 e. The predicted octanol–water partition coefficient (Wildman–Crippen LogP) is 1.21. The van der Waals surface area contributed by atoms with Gasteiger partial charge in [-0.3, -0.25) is 0 Å². The standard InChI is InChI=1S/C12H26N2O/c1-10(13)11(2,3)9-14-7-5-12(4,15)6-8-14/h10,15H,5-9,13H2,1-4H3. The molecule has 0 radical (unpaired) electrons. The van der Waals surface area contributed by atoms with E-state index in [-0.39, 0.29) is 11.5 Å². The summed E-state index contributed by atoms with van der Waals surface area (Å²) < 4.78 is 0. The zero-order chi connectivity index (χ0) is 11.7. The van der Waals surface area contributed by atoms with Crippen molar-refractivity contribution in [2.45, 2.75) is 52.2 Å². The molecule has 0 saturated carbocycles. The molecule has 0 spiro atoms.